The Bertz CT molecular complexity index is 587. The lowest BCUT2D eigenvalue weighted by Gasteiger charge is -2.24. The zero-order chi connectivity index (χ0) is 15.5. The van der Waals surface area contributed by atoms with E-state index in [0.717, 1.165) is 31.2 Å². The van der Waals surface area contributed by atoms with Gasteiger partial charge in [0.05, 0.1) is 10.5 Å². The first-order chi connectivity index (χ1) is 9.98. The summed E-state index contributed by atoms with van der Waals surface area (Å²) in [6.07, 6.45) is 5.04. The van der Waals surface area contributed by atoms with Crippen LogP contribution in [0.15, 0.2) is 16.6 Å². The normalized spacial score (nSPS) is 17.6. The van der Waals surface area contributed by atoms with Crippen LogP contribution in [0.1, 0.15) is 44.1 Å². The number of carbonyl (C=O) groups is 1. The van der Waals surface area contributed by atoms with E-state index in [2.05, 4.69) is 27.3 Å². The summed E-state index contributed by atoms with van der Waals surface area (Å²) in [5.74, 6) is -0.737. The Hall–Kier alpha value is -1.41. The first kappa shape index (κ1) is 16.0. The Labute approximate surface area is 132 Å². The summed E-state index contributed by atoms with van der Waals surface area (Å²) in [6.45, 7) is 1.80. The first-order valence-electron chi connectivity index (χ1n) is 7.17. The Balaban J connectivity index is 2.24. The number of hydrogen-bond acceptors (Lipinski definition) is 2. The molecule has 0 atom stereocenters. The molecule has 0 bridgehead atoms. The number of nitrogens with zero attached hydrogens (tertiary/aromatic N) is 1. The monoisotopic (exact) mass is 352 g/mol. The fourth-order valence-electron chi connectivity index (χ4n) is 2.74. The highest BCUT2D eigenvalue weighted by atomic mass is 79.9. The third-order valence-corrected chi connectivity index (χ3v) is 4.73. The molecular weight excluding hydrogens is 335 g/mol. The lowest BCUT2D eigenvalue weighted by atomic mass is 9.81. The number of aryl methyl sites for hydroxylation is 1. The summed E-state index contributed by atoms with van der Waals surface area (Å²) in [4.78, 5) is 12.6. The van der Waals surface area contributed by atoms with Gasteiger partial charge in [-0.3, -0.25) is 4.79 Å². The van der Waals surface area contributed by atoms with E-state index in [9.17, 15) is 14.4 Å². The smallest absolute Gasteiger partial charge is 0.244 e. The molecule has 1 saturated carbocycles. The van der Waals surface area contributed by atoms with Crippen molar-refractivity contribution in [2.75, 3.05) is 5.32 Å². The average Bonchev–Trinajstić information content (AvgIpc) is 2.71. The highest BCUT2D eigenvalue weighted by Crippen LogP contribution is 2.36. The van der Waals surface area contributed by atoms with Gasteiger partial charge in [0, 0.05) is 5.69 Å². The molecule has 112 valence electrons. The predicted octanol–water partition coefficient (Wildman–Crippen LogP) is 4.70. The summed E-state index contributed by atoms with van der Waals surface area (Å²) < 4.78 is 14.0. The number of halogens is 2. The zero-order valence-electron chi connectivity index (χ0n) is 12.0. The Morgan fingerprint density at radius 3 is 2.52 bits per heavy atom. The number of hydrogen-bond donors (Lipinski definition) is 1. The maximum Gasteiger partial charge on any atom is 0.244 e. The molecule has 1 aliphatic rings. The van der Waals surface area contributed by atoms with E-state index >= 15 is 0 Å². The molecule has 1 aromatic carbocycles. The van der Waals surface area contributed by atoms with Gasteiger partial charge in [0.2, 0.25) is 5.91 Å². The minimum Gasteiger partial charge on any atom is -0.324 e. The van der Waals surface area contributed by atoms with Crippen molar-refractivity contribution in [2.24, 2.45) is 5.41 Å². The molecule has 0 saturated heterocycles. The average molecular weight is 353 g/mol. The van der Waals surface area contributed by atoms with Crippen LogP contribution in [0.5, 0.6) is 0 Å². The summed E-state index contributed by atoms with van der Waals surface area (Å²) in [5, 5.41) is 12.2. The van der Waals surface area contributed by atoms with E-state index in [1.54, 1.807) is 13.0 Å². The van der Waals surface area contributed by atoms with Crippen molar-refractivity contribution in [1.29, 1.82) is 5.26 Å². The van der Waals surface area contributed by atoms with Crippen LogP contribution < -0.4 is 5.32 Å². The van der Waals surface area contributed by atoms with Gasteiger partial charge in [0.15, 0.2) is 0 Å². The molecular formula is C16H18BrFN2O. The second kappa shape index (κ2) is 6.57. The van der Waals surface area contributed by atoms with E-state index < -0.39 is 11.2 Å². The molecule has 0 aliphatic heterocycles. The summed E-state index contributed by atoms with van der Waals surface area (Å²) >= 11 is 3.12. The number of carbonyl (C=O) groups excluding carboxylic acids is 1. The van der Waals surface area contributed by atoms with Crippen molar-refractivity contribution in [3.05, 3.63) is 28.0 Å². The van der Waals surface area contributed by atoms with Gasteiger partial charge in [-0.05, 0) is 53.4 Å². The number of nitriles is 1. The summed E-state index contributed by atoms with van der Waals surface area (Å²) in [6, 6.07) is 5.12. The molecule has 1 amide bonds. The predicted molar refractivity (Wildman–Crippen MR) is 83.2 cm³/mol. The van der Waals surface area contributed by atoms with Gasteiger partial charge >= 0.3 is 0 Å². The highest BCUT2D eigenvalue weighted by molar-refractivity contribution is 9.10. The molecule has 1 N–H and O–H groups in total. The lowest BCUT2D eigenvalue weighted by molar-refractivity contribution is -0.123. The fourth-order valence-corrected chi connectivity index (χ4v) is 3.20. The second-order valence-corrected chi connectivity index (χ2v) is 6.50. The van der Waals surface area contributed by atoms with Crippen molar-refractivity contribution < 1.29 is 9.18 Å². The van der Waals surface area contributed by atoms with Crippen LogP contribution in [0, 0.1) is 29.5 Å². The number of rotatable bonds is 2. The van der Waals surface area contributed by atoms with Crippen molar-refractivity contribution >= 4 is 27.5 Å². The summed E-state index contributed by atoms with van der Waals surface area (Å²) in [5.41, 5.74) is 0.213. The summed E-state index contributed by atoms with van der Waals surface area (Å²) in [7, 11) is 0. The number of benzene rings is 1. The molecule has 5 heteroatoms. The van der Waals surface area contributed by atoms with Gasteiger partial charge in [-0.15, -0.1) is 0 Å². The molecule has 2 rings (SSSR count). The van der Waals surface area contributed by atoms with Crippen LogP contribution in [0.2, 0.25) is 0 Å². The number of nitrogens with one attached hydrogen (secondary N) is 1. The first-order valence-corrected chi connectivity index (χ1v) is 7.96. The maximum absolute atomic E-state index is 13.6. The molecule has 1 fully saturated rings. The van der Waals surface area contributed by atoms with Gasteiger partial charge in [-0.1, -0.05) is 25.7 Å². The van der Waals surface area contributed by atoms with Gasteiger partial charge in [0.1, 0.15) is 11.2 Å². The van der Waals surface area contributed by atoms with Gasteiger partial charge in [-0.2, -0.15) is 5.26 Å². The van der Waals surface area contributed by atoms with Crippen LogP contribution in [-0.2, 0) is 4.79 Å². The van der Waals surface area contributed by atoms with Crippen molar-refractivity contribution in [3.8, 4) is 6.07 Å². The van der Waals surface area contributed by atoms with E-state index in [1.165, 1.54) is 6.07 Å². The molecule has 0 aromatic heterocycles. The van der Waals surface area contributed by atoms with E-state index in [4.69, 9.17) is 0 Å². The molecule has 1 aromatic rings. The molecule has 0 heterocycles. The minimum absolute atomic E-state index is 0.309. The topological polar surface area (TPSA) is 52.9 Å². The standard InChI is InChI=1S/C16H18BrFN2O/c1-11-8-12(17)13(18)9-14(11)20-15(21)16(10-19)6-4-2-3-5-7-16/h8-9H,2-7H2,1H3,(H,20,21). The van der Waals surface area contributed by atoms with E-state index in [1.807, 2.05) is 0 Å². The van der Waals surface area contributed by atoms with Crippen LogP contribution in [-0.4, -0.2) is 5.91 Å². The second-order valence-electron chi connectivity index (χ2n) is 5.64. The van der Waals surface area contributed by atoms with Crippen LogP contribution >= 0.6 is 15.9 Å². The van der Waals surface area contributed by atoms with Crippen molar-refractivity contribution in [3.63, 3.8) is 0 Å². The van der Waals surface area contributed by atoms with Crippen molar-refractivity contribution in [1.82, 2.24) is 0 Å². The zero-order valence-corrected chi connectivity index (χ0v) is 13.6. The van der Waals surface area contributed by atoms with E-state index in [-0.39, 0.29) is 5.91 Å². The molecule has 3 nitrogen and oxygen atoms in total. The van der Waals surface area contributed by atoms with Crippen LogP contribution in [0.4, 0.5) is 10.1 Å². The molecule has 1 aliphatic carbocycles. The third-order valence-electron chi connectivity index (χ3n) is 4.12. The Morgan fingerprint density at radius 1 is 1.33 bits per heavy atom. The Morgan fingerprint density at radius 2 is 1.95 bits per heavy atom. The van der Waals surface area contributed by atoms with Crippen molar-refractivity contribution in [2.45, 2.75) is 45.4 Å². The lowest BCUT2D eigenvalue weighted by Crippen LogP contribution is -2.34. The fraction of sp³-hybridized carbons (Fsp3) is 0.500. The SMILES string of the molecule is Cc1cc(Br)c(F)cc1NC(=O)C1(C#N)CCCCCC1. The third kappa shape index (κ3) is 3.44. The molecule has 0 radical (unpaired) electrons. The maximum atomic E-state index is 13.6. The molecule has 0 unspecified atom stereocenters. The quantitative estimate of drug-likeness (QED) is 0.784. The molecule has 21 heavy (non-hydrogen) atoms. The highest BCUT2D eigenvalue weighted by Gasteiger charge is 2.39. The Kier molecular flexibility index (Phi) is 5.00. The van der Waals surface area contributed by atoms with Gasteiger partial charge in [0.25, 0.3) is 0 Å². The van der Waals surface area contributed by atoms with Gasteiger partial charge in [-0.25, -0.2) is 4.39 Å². The number of amides is 1. The number of anilines is 1. The van der Waals surface area contributed by atoms with Crippen LogP contribution in [0.3, 0.4) is 0 Å². The minimum atomic E-state index is -0.980. The molecule has 0 spiro atoms. The largest absolute Gasteiger partial charge is 0.324 e. The van der Waals surface area contributed by atoms with Crippen LogP contribution in [0.25, 0.3) is 0 Å². The van der Waals surface area contributed by atoms with Gasteiger partial charge < -0.3 is 5.32 Å². The van der Waals surface area contributed by atoms with E-state index in [0.29, 0.717) is 23.0 Å².